The van der Waals surface area contributed by atoms with Gasteiger partial charge in [0.15, 0.2) is 0 Å². The maximum absolute atomic E-state index is 13.4. The fraction of sp³-hybridized carbons (Fsp3) is 0.259. The standard InChI is InChI=1S/C27H25Cl2N3O4/c1-35-15-24(33)30-19-7-2-16(3-8-19)26-25-21(22-14-18(29)6-11-23(22)31-25)12-13-32(26)27(34)36-20-9-4-17(28)5-10-20/h2-10,14,23,26,31H,11-13,15H2,1H3,(H,30,33). The smallest absolute Gasteiger partial charge is 0.410 e. The van der Waals surface area contributed by atoms with Crippen LogP contribution in [0.5, 0.6) is 5.75 Å². The fourth-order valence-corrected chi connectivity index (χ4v) is 5.18. The second-order valence-corrected chi connectivity index (χ2v) is 9.66. The summed E-state index contributed by atoms with van der Waals surface area (Å²) in [6.07, 6.45) is 5.03. The van der Waals surface area contributed by atoms with E-state index in [2.05, 4.69) is 10.6 Å². The van der Waals surface area contributed by atoms with Crippen LogP contribution in [0.1, 0.15) is 24.4 Å². The number of nitrogens with zero attached hydrogens (tertiary/aromatic N) is 1. The van der Waals surface area contributed by atoms with E-state index in [1.54, 1.807) is 29.2 Å². The average molecular weight is 526 g/mol. The Morgan fingerprint density at radius 2 is 1.86 bits per heavy atom. The van der Waals surface area contributed by atoms with Gasteiger partial charge in [-0.25, -0.2) is 4.79 Å². The normalized spacial score (nSPS) is 20.6. The topological polar surface area (TPSA) is 79.9 Å². The molecule has 2 aromatic rings. The van der Waals surface area contributed by atoms with Gasteiger partial charge >= 0.3 is 6.09 Å². The summed E-state index contributed by atoms with van der Waals surface area (Å²) in [6, 6.07) is 13.9. The molecule has 0 spiro atoms. The van der Waals surface area contributed by atoms with Crippen LogP contribution in [0.3, 0.4) is 0 Å². The van der Waals surface area contributed by atoms with Crippen LogP contribution in [-0.2, 0) is 9.53 Å². The number of carbonyl (C=O) groups excluding carboxylic acids is 2. The first-order chi connectivity index (χ1) is 17.4. The van der Waals surface area contributed by atoms with Crippen LogP contribution >= 0.6 is 23.2 Å². The van der Waals surface area contributed by atoms with Crippen molar-refractivity contribution in [2.24, 2.45) is 0 Å². The molecule has 2 amide bonds. The maximum Gasteiger partial charge on any atom is 0.416 e. The highest BCUT2D eigenvalue weighted by Crippen LogP contribution is 2.44. The zero-order chi connectivity index (χ0) is 25.2. The third-order valence-corrected chi connectivity index (χ3v) is 6.96. The van der Waals surface area contributed by atoms with Crippen molar-refractivity contribution in [1.82, 2.24) is 10.2 Å². The summed E-state index contributed by atoms with van der Waals surface area (Å²) in [4.78, 5) is 27.0. The van der Waals surface area contributed by atoms with Crippen molar-refractivity contribution >= 4 is 40.9 Å². The minimum atomic E-state index is -0.451. The van der Waals surface area contributed by atoms with E-state index in [4.69, 9.17) is 32.7 Å². The molecule has 2 aromatic carbocycles. The summed E-state index contributed by atoms with van der Waals surface area (Å²) in [5.74, 6) is 0.185. The predicted octanol–water partition coefficient (Wildman–Crippen LogP) is 5.55. The van der Waals surface area contributed by atoms with Gasteiger partial charge < -0.3 is 20.1 Å². The third-order valence-electron chi connectivity index (χ3n) is 6.45. The molecule has 0 saturated heterocycles. The molecule has 2 atom stereocenters. The molecule has 3 aliphatic rings. The Balaban J connectivity index is 1.47. The highest BCUT2D eigenvalue weighted by atomic mass is 35.5. The van der Waals surface area contributed by atoms with Crippen molar-refractivity contribution in [2.75, 3.05) is 25.6 Å². The zero-order valence-electron chi connectivity index (χ0n) is 19.6. The number of hydrogen-bond donors (Lipinski definition) is 2. The summed E-state index contributed by atoms with van der Waals surface area (Å²) >= 11 is 12.3. The number of halogens is 2. The molecule has 186 valence electrons. The molecule has 5 rings (SSSR count). The van der Waals surface area contributed by atoms with Gasteiger partial charge in [0.05, 0.1) is 6.04 Å². The van der Waals surface area contributed by atoms with Crippen LogP contribution in [0.25, 0.3) is 0 Å². The molecule has 2 unspecified atom stereocenters. The van der Waals surface area contributed by atoms with E-state index in [9.17, 15) is 9.59 Å². The molecule has 2 N–H and O–H groups in total. The Hall–Kier alpha value is -3.26. The fourth-order valence-electron chi connectivity index (χ4n) is 4.85. The summed E-state index contributed by atoms with van der Waals surface area (Å²) in [7, 11) is 1.47. The first kappa shape index (κ1) is 24.4. The van der Waals surface area contributed by atoms with E-state index in [0.717, 1.165) is 22.7 Å². The van der Waals surface area contributed by atoms with Gasteiger partial charge in [-0.2, -0.15) is 0 Å². The molecule has 2 heterocycles. The first-order valence-corrected chi connectivity index (χ1v) is 12.4. The molecular weight excluding hydrogens is 501 g/mol. The van der Waals surface area contributed by atoms with Gasteiger partial charge in [-0.05, 0) is 72.0 Å². The Labute approximate surface area is 219 Å². The van der Waals surface area contributed by atoms with Gasteiger partial charge in [-0.1, -0.05) is 41.4 Å². The van der Waals surface area contributed by atoms with Gasteiger partial charge in [0.25, 0.3) is 0 Å². The second-order valence-electron chi connectivity index (χ2n) is 8.78. The number of ether oxygens (including phenoxy) is 2. The lowest BCUT2D eigenvalue weighted by molar-refractivity contribution is -0.119. The minimum Gasteiger partial charge on any atom is -0.410 e. The lowest BCUT2D eigenvalue weighted by Crippen LogP contribution is -2.43. The number of anilines is 1. The molecule has 0 bridgehead atoms. The number of amides is 2. The van der Waals surface area contributed by atoms with Crippen molar-refractivity contribution in [3.63, 3.8) is 0 Å². The predicted molar refractivity (Wildman–Crippen MR) is 139 cm³/mol. The minimum absolute atomic E-state index is 0.0258. The van der Waals surface area contributed by atoms with Crippen LogP contribution in [0.2, 0.25) is 5.02 Å². The summed E-state index contributed by atoms with van der Waals surface area (Å²) < 4.78 is 10.6. The van der Waals surface area contributed by atoms with Crippen LogP contribution in [0.4, 0.5) is 10.5 Å². The number of hydrogen-bond acceptors (Lipinski definition) is 5. The molecule has 0 saturated carbocycles. The first-order valence-electron chi connectivity index (χ1n) is 11.6. The SMILES string of the molecule is COCC(=O)Nc1ccc(C2C3=C(CCN2C(=O)Oc2ccc(Cl)cc2)C2=CC(Cl)=CCC2N3)cc1. The molecular formula is C27H25Cl2N3O4. The largest absolute Gasteiger partial charge is 0.416 e. The van der Waals surface area contributed by atoms with E-state index in [0.29, 0.717) is 29.4 Å². The number of rotatable bonds is 5. The van der Waals surface area contributed by atoms with E-state index in [1.807, 2.05) is 36.4 Å². The highest BCUT2D eigenvalue weighted by Gasteiger charge is 2.42. The van der Waals surface area contributed by atoms with Crippen molar-refractivity contribution in [2.45, 2.75) is 24.9 Å². The average Bonchev–Trinajstić information content (AvgIpc) is 3.23. The summed E-state index contributed by atoms with van der Waals surface area (Å²) in [5, 5.41) is 7.73. The Kier molecular flexibility index (Phi) is 7.05. The van der Waals surface area contributed by atoms with E-state index < -0.39 is 6.09 Å². The summed E-state index contributed by atoms with van der Waals surface area (Å²) in [5.41, 5.74) is 4.88. The zero-order valence-corrected chi connectivity index (χ0v) is 21.1. The van der Waals surface area contributed by atoms with Crippen LogP contribution in [0, 0.1) is 0 Å². The van der Waals surface area contributed by atoms with Gasteiger partial charge in [0, 0.05) is 35.1 Å². The Bertz CT molecular complexity index is 1270. The lowest BCUT2D eigenvalue weighted by Gasteiger charge is -2.36. The van der Waals surface area contributed by atoms with Gasteiger partial charge in [-0.15, -0.1) is 0 Å². The number of methoxy groups -OCH3 is 1. The number of nitrogens with one attached hydrogen (secondary N) is 2. The van der Waals surface area contributed by atoms with E-state index in [-0.39, 0.29) is 24.6 Å². The monoisotopic (exact) mass is 525 g/mol. The van der Waals surface area contributed by atoms with Gasteiger partial charge in [0.2, 0.25) is 5.91 Å². The number of fused-ring (bicyclic) bond motifs is 2. The van der Waals surface area contributed by atoms with Crippen molar-refractivity contribution < 1.29 is 19.1 Å². The summed E-state index contributed by atoms with van der Waals surface area (Å²) in [6.45, 7) is 0.456. The lowest BCUT2D eigenvalue weighted by atomic mass is 9.89. The molecule has 7 nitrogen and oxygen atoms in total. The second kappa shape index (κ2) is 10.4. The van der Waals surface area contributed by atoms with Crippen LogP contribution in [-0.4, -0.2) is 43.2 Å². The van der Waals surface area contributed by atoms with Crippen LogP contribution in [0.15, 0.2) is 82.6 Å². The Morgan fingerprint density at radius 3 is 2.58 bits per heavy atom. The maximum atomic E-state index is 13.4. The molecule has 0 aromatic heterocycles. The van der Waals surface area contributed by atoms with Crippen molar-refractivity contribution in [3.05, 3.63) is 93.1 Å². The Morgan fingerprint density at radius 1 is 1.11 bits per heavy atom. The number of allylic oxidation sites excluding steroid dienone is 2. The molecule has 0 fully saturated rings. The van der Waals surface area contributed by atoms with Crippen molar-refractivity contribution in [3.8, 4) is 5.75 Å². The van der Waals surface area contributed by atoms with E-state index >= 15 is 0 Å². The van der Waals surface area contributed by atoms with Crippen LogP contribution < -0.4 is 15.4 Å². The number of carbonyl (C=O) groups is 2. The molecule has 2 aliphatic heterocycles. The van der Waals surface area contributed by atoms with Crippen molar-refractivity contribution in [1.29, 1.82) is 0 Å². The molecule has 0 radical (unpaired) electrons. The highest BCUT2D eigenvalue weighted by molar-refractivity contribution is 6.31. The van der Waals surface area contributed by atoms with Gasteiger partial charge in [0.1, 0.15) is 18.4 Å². The number of benzene rings is 2. The molecule has 36 heavy (non-hydrogen) atoms. The quantitative estimate of drug-likeness (QED) is 0.534. The third kappa shape index (κ3) is 5.00. The van der Waals surface area contributed by atoms with E-state index in [1.165, 1.54) is 18.3 Å². The molecule has 1 aliphatic carbocycles. The van der Waals surface area contributed by atoms with Gasteiger partial charge in [-0.3, -0.25) is 9.69 Å². The molecule has 9 heteroatoms.